The highest BCUT2D eigenvalue weighted by Gasteiger charge is 2.49. The first kappa shape index (κ1) is 12.2. The second-order valence-electron chi connectivity index (χ2n) is 6.93. The van der Waals surface area contributed by atoms with Crippen molar-refractivity contribution in [3.63, 3.8) is 0 Å². The summed E-state index contributed by atoms with van der Waals surface area (Å²) in [6, 6.07) is 0. The molecule has 100 valence electrons. The van der Waals surface area contributed by atoms with Gasteiger partial charge in [-0.3, -0.25) is 0 Å². The molecule has 2 aliphatic rings. The molecule has 5 atom stereocenters. The van der Waals surface area contributed by atoms with E-state index in [0.717, 1.165) is 24.0 Å². The van der Waals surface area contributed by atoms with Crippen molar-refractivity contribution >= 4 is 0 Å². The summed E-state index contributed by atoms with van der Waals surface area (Å²) < 4.78 is 5.19. The van der Waals surface area contributed by atoms with E-state index >= 15 is 0 Å². The first-order valence-corrected chi connectivity index (χ1v) is 6.83. The van der Waals surface area contributed by atoms with Gasteiger partial charge in [-0.25, -0.2) is 0 Å². The second-order valence-corrected chi connectivity index (χ2v) is 6.93. The normalized spacial score (nSPS) is 42.2. The largest absolute Gasteiger partial charge is 0.472 e. The van der Waals surface area contributed by atoms with Gasteiger partial charge in [-0.05, 0) is 36.0 Å². The summed E-state index contributed by atoms with van der Waals surface area (Å²) in [5.74, 6) is 0.797. The molecule has 0 aliphatic heterocycles. The van der Waals surface area contributed by atoms with Crippen LogP contribution in [0.25, 0.3) is 0 Å². The van der Waals surface area contributed by atoms with E-state index in [2.05, 4.69) is 20.8 Å². The summed E-state index contributed by atoms with van der Waals surface area (Å²) >= 11 is 0. The molecule has 2 aliphatic carbocycles. The van der Waals surface area contributed by atoms with Crippen LogP contribution >= 0.6 is 0 Å². The third kappa shape index (κ3) is 1.64. The number of aliphatic hydroxyl groups excluding tert-OH is 2. The van der Waals surface area contributed by atoms with Gasteiger partial charge < -0.3 is 14.6 Å². The predicted molar refractivity (Wildman–Crippen MR) is 67.8 cm³/mol. The Morgan fingerprint density at radius 1 is 1.06 bits per heavy atom. The lowest BCUT2D eigenvalue weighted by molar-refractivity contribution is 0.0397. The van der Waals surface area contributed by atoms with Crippen LogP contribution in [0.1, 0.15) is 56.9 Å². The lowest BCUT2D eigenvalue weighted by Crippen LogP contribution is -2.22. The Kier molecular flexibility index (Phi) is 2.62. The first-order valence-electron chi connectivity index (χ1n) is 6.83. The van der Waals surface area contributed by atoms with E-state index < -0.39 is 12.2 Å². The number of furan rings is 1. The number of aliphatic hydroxyl groups is 2. The molecule has 3 heteroatoms. The SMILES string of the molecule is CC1C(O)c2cocc2C(O)C2CC(C)(C)CC12. The van der Waals surface area contributed by atoms with Crippen LogP contribution in [0.5, 0.6) is 0 Å². The number of rotatable bonds is 0. The fourth-order valence-electron chi connectivity index (χ4n) is 4.13. The Hall–Kier alpha value is -0.800. The molecule has 3 rings (SSSR count). The minimum absolute atomic E-state index is 0.172. The molecule has 5 unspecified atom stereocenters. The summed E-state index contributed by atoms with van der Waals surface area (Å²) in [6.45, 7) is 6.60. The van der Waals surface area contributed by atoms with Crippen molar-refractivity contribution in [3.8, 4) is 0 Å². The van der Waals surface area contributed by atoms with E-state index in [-0.39, 0.29) is 17.3 Å². The van der Waals surface area contributed by atoms with Gasteiger partial charge in [0.1, 0.15) is 0 Å². The number of fused-ring (bicyclic) bond motifs is 2. The van der Waals surface area contributed by atoms with Gasteiger partial charge in [-0.2, -0.15) is 0 Å². The second kappa shape index (κ2) is 3.84. The fourth-order valence-corrected chi connectivity index (χ4v) is 4.13. The molecule has 1 fully saturated rings. The molecule has 0 radical (unpaired) electrons. The van der Waals surface area contributed by atoms with Crippen molar-refractivity contribution in [1.82, 2.24) is 0 Å². The zero-order valence-electron chi connectivity index (χ0n) is 11.3. The monoisotopic (exact) mass is 250 g/mol. The molecule has 18 heavy (non-hydrogen) atoms. The zero-order chi connectivity index (χ0) is 13.1. The van der Waals surface area contributed by atoms with Crippen LogP contribution in [-0.4, -0.2) is 10.2 Å². The maximum absolute atomic E-state index is 10.6. The van der Waals surface area contributed by atoms with Crippen molar-refractivity contribution < 1.29 is 14.6 Å². The van der Waals surface area contributed by atoms with Gasteiger partial charge in [0.25, 0.3) is 0 Å². The highest BCUT2D eigenvalue weighted by atomic mass is 16.3. The minimum atomic E-state index is -0.516. The third-order valence-electron chi connectivity index (χ3n) is 5.07. The highest BCUT2D eigenvalue weighted by molar-refractivity contribution is 5.29. The van der Waals surface area contributed by atoms with Gasteiger partial charge >= 0.3 is 0 Å². The van der Waals surface area contributed by atoms with Crippen LogP contribution < -0.4 is 0 Å². The van der Waals surface area contributed by atoms with Gasteiger partial charge in [-0.1, -0.05) is 20.8 Å². The lowest BCUT2D eigenvalue weighted by atomic mass is 9.81. The maximum Gasteiger partial charge on any atom is 0.0964 e. The van der Waals surface area contributed by atoms with E-state index in [0.29, 0.717) is 5.92 Å². The third-order valence-corrected chi connectivity index (χ3v) is 5.07. The molecule has 2 N–H and O–H groups in total. The molecule has 0 saturated heterocycles. The zero-order valence-corrected chi connectivity index (χ0v) is 11.3. The molecule has 0 spiro atoms. The van der Waals surface area contributed by atoms with Crippen LogP contribution in [0, 0.1) is 23.2 Å². The van der Waals surface area contributed by atoms with Crippen LogP contribution in [0.4, 0.5) is 0 Å². The van der Waals surface area contributed by atoms with Crippen molar-refractivity contribution in [2.75, 3.05) is 0 Å². The van der Waals surface area contributed by atoms with Crippen molar-refractivity contribution in [2.45, 2.75) is 45.8 Å². The molecule has 1 aromatic heterocycles. The van der Waals surface area contributed by atoms with E-state index in [1.165, 1.54) is 0 Å². The molecular weight excluding hydrogens is 228 g/mol. The van der Waals surface area contributed by atoms with Crippen molar-refractivity contribution in [3.05, 3.63) is 23.7 Å². The highest BCUT2D eigenvalue weighted by Crippen LogP contribution is 2.57. The standard InChI is InChI=1S/C15H22O3/c1-8-9-4-15(2,3)5-10(9)14(17)12-7-18-6-11(12)13(8)16/h6-10,13-14,16-17H,4-5H2,1-3H3. The van der Waals surface area contributed by atoms with Gasteiger partial charge in [0.15, 0.2) is 0 Å². The summed E-state index contributed by atoms with van der Waals surface area (Å²) in [5.41, 5.74) is 1.83. The summed E-state index contributed by atoms with van der Waals surface area (Å²) in [4.78, 5) is 0. The first-order chi connectivity index (χ1) is 8.41. The minimum Gasteiger partial charge on any atom is -0.472 e. The Bertz CT molecular complexity index is 448. The molecule has 1 heterocycles. The topological polar surface area (TPSA) is 53.6 Å². The van der Waals surface area contributed by atoms with Crippen molar-refractivity contribution in [2.24, 2.45) is 23.2 Å². The average Bonchev–Trinajstić information content (AvgIpc) is 2.88. The van der Waals surface area contributed by atoms with E-state index in [4.69, 9.17) is 4.42 Å². The van der Waals surface area contributed by atoms with E-state index in [1.807, 2.05) is 0 Å². The van der Waals surface area contributed by atoms with Crippen LogP contribution in [0.2, 0.25) is 0 Å². The quantitative estimate of drug-likeness (QED) is 0.744. The van der Waals surface area contributed by atoms with Gasteiger partial charge in [0, 0.05) is 11.1 Å². The molecular formula is C15H22O3. The molecule has 0 bridgehead atoms. The Labute approximate surface area is 108 Å². The molecule has 0 aromatic carbocycles. The smallest absolute Gasteiger partial charge is 0.0964 e. The van der Waals surface area contributed by atoms with Gasteiger partial charge in [0.05, 0.1) is 24.7 Å². The van der Waals surface area contributed by atoms with E-state index in [1.54, 1.807) is 12.5 Å². The average molecular weight is 250 g/mol. The number of hydrogen-bond acceptors (Lipinski definition) is 3. The lowest BCUT2D eigenvalue weighted by Gasteiger charge is -2.27. The molecule has 1 saturated carbocycles. The number of hydrogen-bond donors (Lipinski definition) is 2. The molecule has 3 nitrogen and oxygen atoms in total. The van der Waals surface area contributed by atoms with Crippen molar-refractivity contribution in [1.29, 1.82) is 0 Å². The van der Waals surface area contributed by atoms with Crippen LogP contribution in [-0.2, 0) is 0 Å². The summed E-state index contributed by atoms with van der Waals surface area (Å²) in [6.07, 6.45) is 4.27. The van der Waals surface area contributed by atoms with Crippen LogP contribution in [0.15, 0.2) is 16.9 Å². The molecule has 0 amide bonds. The fraction of sp³-hybridized carbons (Fsp3) is 0.733. The van der Waals surface area contributed by atoms with Gasteiger partial charge in [0.2, 0.25) is 0 Å². The summed E-state index contributed by atoms with van der Waals surface area (Å²) in [5, 5.41) is 21.1. The predicted octanol–water partition coefficient (Wildman–Crippen LogP) is 3.05. The Balaban J connectivity index is 2.05. The molecule has 1 aromatic rings. The Morgan fingerprint density at radius 2 is 1.61 bits per heavy atom. The maximum atomic E-state index is 10.6. The van der Waals surface area contributed by atoms with E-state index in [9.17, 15) is 10.2 Å². The van der Waals surface area contributed by atoms with Gasteiger partial charge in [-0.15, -0.1) is 0 Å². The Morgan fingerprint density at radius 3 is 2.28 bits per heavy atom. The van der Waals surface area contributed by atoms with Crippen LogP contribution in [0.3, 0.4) is 0 Å². The summed E-state index contributed by atoms with van der Waals surface area (Å²) in [7, 11) is 0.